The van der Waals surface area contributed by atoms with Gasteiger partial charge in [-0.15, -0.1) is 0 Å². The molecule has 4 heteroatoms. The van der Waals surface area contributed by atoms with Gasteiger partial charge in [0.2, 0.25) is 0 Å². The molecular weight excluding hydrogens is 237 g/mol. The van der Waals surface area contributed by atoms with Crippen LogP contribution in [0.15, 0.2) is 21.2 Å². The Morgan fingerprint density at radius 1 is 1.55 bits per heavy atom. The molecule has 0 heterocycles. The minimum absolute atomic E-state index is 0.0575. The predicted octanol–water partition coefficient (Wildman–Crippen LogP) is 3.82. The van der Waals surface area contributed by atoms with Crippen LogP contribution in [0.1, 0.15) is 12.8 Å². The highest BCUT2D eigenvalue weighted by Crippen LogP contribution is 2.34. The molecule has 0 unspecified atom stereocenters. The minimum atomic E-state index is -2.48. The summed E-state index contributed by atoms with van der Waals surface area (Å²) in [7, 11) is 0. The molecule has 0 radical (unpaired) electrons. The first-order valence-corrected chi connectivity index (χ1v) is 4.32. The Morgan fingerprint density at radius 2 is 2.18 bits per heavy atom. The Labute approximate surface area is 77.0 Å². The summed E-state index contributed by atoms with van der Waals surface area (Å²) in [5.41, 5.74) is -0.0575. The van der Waals surface area contributed by atoms with E-state index in [0.29, 0.717) is 10.9 Å². The predicted molar refractivity (Wildman–Crippen MR) is 45.1 cm³/mol. The second-order valence-corrected chi connectivity index (χ2v) is 3.57. The maximum Gasteiger partial charge on any atom is 0.266 e. The summed E-state index contributed by atoms with van der Waals surface area (Å²) in [6, 6.07) is 0. The van der Waals surface area contributed by atoms with Gasteiger partial charge >= 0.3 is 0 Å². The van der Waals surface area contributed by atoms with E-state index >= 15 is 0 Å². The van der Waals surface area contributed by atoms with Crippen LogP contribution in [0.25, 0.3) is 0 Å². The number of alkyl halides is 2. The monoisotopic (exact) mass is 242 g/mol. The van der Waals surface area contributed by atoms with Crippen LogP contribution in [0.2, 0.25) is 0 Å². The molecule has 1 aliphatic rings. The molecule has 0 aromatic heterocycles. The molecule has 0 saturated carbocycles. The highest BCUT2D eigenvalue weighted by Gasteiger charge is 2.20. The molecule has 0 N–H and O–H groups in total. The summed E-state index contributed by atoms with van der Waals surface area (Å²) in [6.45, 7) is 0. The Balaban J connectivity index is 2.94. The lowest BCUT2D eigenvalue weighted by Crippen LogP contribution is -2.03. The molecule has 0 spiro atoms. The van der Waals surface area contributed by atoms with E-state index in [-0.39, 0.29) is 10.6 Å². The van der Waals surface area contributed by atoms with Crippen LogP contribution in [-0.2, 0) is 0 Å². The maximum absolute atomic E-state index is 12.2. The zero-order valence-corrected chi connectivity index (χ0v) is 7.92. The van der Waals surface area contributed by atoms with E-state index in [4.69, 9.17) is 11.6 Å². The van der Waals surface area contributed by atoms with Crippen LogP contribution in [-0.4, -0.2) is 6.43 Å². The van der Waals surface area contributed by atoms with Gasteiger partial charge in [-0.3, -0.25) is 0 Å². The smallest absolute Gasteiger partial charge is 0.205 e. The van der Waals surface area contributed by atoms with E-state index in [2.05, 4.69) is 15.9 Å². The zero-order valence-electron chi connectivity index (χ0n) is 5.58. The van der Waals surface area contributed by atoms with E-state index in [1.165, 1.54) is 0 Å². The molecule has 0 bridgehead atoms. The molecular formula is C7H6BrClF2. The minimum Gasteiger partial charge on any atom is -0.205 e. The highest BCUT2D eigenvalue weighted by molar-refractivity contribution is 9.11. The molecule has 0 amide bonds. The topological polar surface area (TPSA) is 0 Å². The lowest BCUT2D eigenvalue weighted by atomic mass is 10.1. The second-order valence-electron chi connectivity index (χ2n) is 2.21. The van der Waals surface area contributed by atoms with Crippen LogP contribution >= 0.6 is 27.5 Å². The maximum atomic E-state index is 12.2. The molecule has 0 aliphatic heterocycles. The van der Waals surface area contributed by atoms with Crippen LogP contribution in [0.5, 0.6) is 0 Å². The van der Waals surface area contributed by atoms with Gasteiger partial charge in [-0.05, 0) is 12.8 Å². The fourth-order valence-electron chi connectivity index (χ4n) is 0.922. The largest absolute Gasteiger partial charge is 0.266 e. The van der Waals surface area contributed by atoms with Crippen molar-refractivity contribution in [1.29, 1.82) is 0 Å². The fraction of sp³-hybridized carbons (Fsp3) is 0.429. The summed E-state index contributed by atoms with van der Waals surface area (Å²) in [6.07, 6.45) is 0.493. The fourth-order valence-corrected chi connectivity index (χ4v) is 1.96. The normalized spacial score (nSPS) is 19.2. The van der Waals surface area contributed by atoms with E-state index in [1.54, 1.807) is 6.08 Å². The van der Waals surface area contributed by atoms with E-state index in [1.807, 2.05) is 0 Å². The van der Waals surface area contributed by atoms with Gasteiger partial charge in [0.25, 0.3) is 6.43 Å². The average molecular weight is 243 g/mol. The lowest BCUT2D eigenvalue weighted by Gasteiger charge is -2.13. The average Bonchev–Trinajstić information content (AvgIpc) is 1.85. The van der Waals surface area contributed by atoms with Crippen molar-refractivity contribution in [2.75, 3.05) is 0 Å². The number of hydrogen-bond donors (Lipinski definition) is 0. The highest BCUT2D eigenvalue weighted by atomic mass is 79.9. The quantitative estimate of drug-likeness (QED) is 0.657. The van der Waals surface area contributed by atoms with Crippen molar-refractivity contribution in [3.8, 4) is 0 Å². The standard InChI is InChI=1S/C7H6BrClF2/c8-4-2-1-3-5(9)6(4)7(10)11/h3,7H,1-2H2. The summed E-state index contributed by atoms with van der Waals surface area (Å²) >= 11 is 8.64. The lowest BCUT2D eigenvalue weighted by molar-refractivity contribution is 0.192. The van der Waals surface area contributed by atoms with Crippen molar-refractivity contribution >= 4 is 27.5 Å². The van der Waals surface area contributed by atoms with Crippen LogP contribution in [0.3, 0.4) is 0 Å². The van der Waals surface area contributed by atoms with Gasteiger partial charge in [0.1, 0.15) is 0 Å². The van der Waals surface area contributed by atoms with Crippen molar-refractivity contribution in [2.24, 2.45) is 0 Å². The van der Waals surface area contributed by atoms with Gasteiger partial charge in [-0.1, -0.05) is 33.6 Å². The van der Waals surface area contributed by atoms with Gasteiger partial charge in [0.05, 0.1) is 0 Å². The second kappa shape index (κ2) is 3.68. The third-order valence-electron chi connectivity index (χ3n) is 1.46. The SMILES string of the molecule is FC(F)C1=C(Br)CCC=C1Cl. The van der Waals surface area contributed by atoms with E-state index < -0.39 is 6.43 Å². The van der Waals surface area contributed by atoms with Gasteiger partial charge in [-0.25, -0.2) is 8.78 Å². The van der Waals surface area contributed by atoms with Crippen molar-refractivity contribution in [3.63, 3.8) is 0 Å². The first kappa shape index (κ1) is 9.20. The number of allylic oxidation sites excluding steroid dienone is 4. The molecule has 62 valence electrons. The zero-order chi connectivity index (χ0) is 8.43. The van der Waals surface area contributed by atoms with Crippen LogP contribution in [0.4, 0.5) is 8.78 Å². The molecule has 0 atom stereocenters. The molecule has 1 rings (SSSR count). The summed E-state index contributed by atoms with van der Waals surface area (Å²) in [5.74, 6) is 0. The summed E-state index contributed by atoms with van der Waals surface area (Å²) in [5, 5.41) is 0.179. The Bertz CT molecular complexity index is 220. The molecule has 11 heavy (non-hydrogen) atoms. The Kier molecular flexibility index (Phi) is 3.07. The number of halogens is 4. The van der Waals surface area contributed by atoms with Gasteiger partial charge in [0, 0.05) is 15.1 Å². The third kappa shape index (κ3) is 2.03. The van der Waals surface area contributed by atoms with Crippen LogP contribution < -0.4 is 0 Å². The number of hydrogen-bond acceptors (Lipinski definition) is 0. The van der Waals surface area contributed by atoms with Crippen molar-refractivity contribution in [3.05, 3.63) is 21.2 Å². The molecule has 0 aromatic rings. The summed E-state index contributed by atoms with van der Waals surface area (Å²) in [4.78, 5) is 0. The Hall–Kier alpha value is 0.110. The first-order chi connectivity index (χ1) is 5.13. The number of rotatable bonds is 1. The Morgan fingerprint density at radius 3 is 2.55 bits per heavy atom. The molecule has 0 nitrogen and oxygen atoms in total. The third-order valence-corrected chi connectivity index (χ3v) is 2.64. The summed E-state index contributed by atoms with van der Waals surface area (Å²) < 4.78 is 24.9. The van der Waals surface area contributed by atoms with E-state index in [0.717, 1.165) is 6.42 Å². The van der Waals surface area contributed by atoms with Gasteiger partial charge in [-0.2, -0.15) is 0 Å². The van der Waals surface area contributed by atoms with Crippen molar-refractivity contribution < 1.29 is 8.78 Å². The molecule has 0 fully saturated rings. The van der Waals surface area contributed by atoms with E-state index in [9.17, 15) is 8.78 Å². The van der Waals surface area contributed by atoms with Gasteiger partial charge < -0.3 is 0 Å². The van der Waals surface area contributed by atoms with Crippen molar-refractivity contribution in [1.82, 2.24) is 0 Å². The first-order valence-electron chi connectivity index (χ1n) is 3.15. The van der Waals surface area contributed by atoms with Gasteiger partial charge in [0.15, 0.2) is 0 Å². The molecule has 0 aromatic carbocycles. The molecule has 0 saturated heterocycles. The molecule has 1 aliphatic carbocycles. The van der Waals surface area contributed by atoms with Crippen LogP contribution in [0, 0.1) is 0 Å². The van der Waals surface area contributed by atoms with Crippen molar-refractivity contribution in [2.45, 2.75) is 19.3 Å².